The minimum Gasteiger partial charge on any atom is -0.386 e. The molecule has 0 saturated carbocycles. The van der Waals surface area contributed by atoms with Gasteiger partial charge in [0.25, 0.3) is 0 Å². The van der Waals surface area contributed by atoms with Crippen LogP contribution in [0.2, 0.25) is 0 Å². The lowest BCUT2D eigenvalue weighted by Gasteiger charge is -2.19. The van der Waals surface area contributed by atoms with Crippen molar-refractivity contribution in [2.75, 3.05) is 6.54 Å². The van der Waals surface area contributed by atoms with E-state index >= 15 is 0 Å². The Morgan fingerprint density at radius 1 is 1.06 bits per heavy atom. The number of ketones is 1. The summed E-state index contributed by atoms with van der Waals surface area (Å²) in [7, 11) is 0. The lowest BCUT2D eigenvalue weighted by atomic mass is 9.90. The van der Waals surface area contributed by atoms with Gasteiger partial charge in [0.2, 0.25) is 5.91 Å². The van der Waals surface area contributed by atoms with Crippen molar-refractivity contribution in [2.45, 2.75) is 47.1 Å². The zero-order valence-electron chi connectivity index (χ0n) is 12.0. The summed E-state index contributed by atoms with van der Waals surface area (Å²) >= 11 is 0. The second kappa shape index (κ2) is 8.21. The third-order valence-electron chi connectivity index (χ3n) is 2.50. The Morgan fingerprint density at radius 3 is 2.00 bits per heavy atom. The Bertz CT molecular complexity index is 275. The highest BCUT2D eigenvalue weighted by Gasteiger charge is 2.29. The van der Waals surface area contributed by atoms with Crippen LogP contribution in [0, 0.1) is 17.8 Å². The molecule has 1 amide bonds. The van der Waals surface area contributed by atoms with Crippen LogP contribution in [-0.2, 0) is 9.59 Å². The summed E-state index contributed by atoms with van der Waals surface area (Å²) in [6, 6.07) is 0. The number of Topliss-reactive ketones (excluding diaryl/α,β-unsaturated/α-hetero) is 1. The van der Waals surface area contributed by atoms with Crippen molar-refractivity contribution in [3.8, 4) is 0 Å². The lowest BCUT2D eigenvalue weighted by Crippen LogP contribution is -2.46. The molecule has 18 heavy (non-hydrogen) atoms. The molecule has 2 atom stereocenters. The molecule has 0 aromatic heterocycles. The van der Waals surface area contributed by atoms with Crippen LogP contribution in [0.1, 0.15) is 41.0 Å². The minimum absolute atomic E-state index is 0.216. The van der Waals surface area contributed by atoms with E-state index in [2.05, 4.69) is 10.9 Å². The third kappa shape index (κ3) is 6.71. The van der Waals surface area contributed by atoms with Gasteiger partial charge in [0, 0.05) is 6.54 Å². The Morgan fingerprint density at radius 2 is 1.61 bits per heavy atom. The van der Waals surface area contributed by atoms with Crippen molar-refractivity contribution in [1.82, 2.24) is 10.9 Å². The highest BCUT2D eigenvalue weighted by molar-refractivity contribution is 6.02. The molecule has 0 heterocycles. The Balaban J connectivity index is 4.46. The molecule has 0 aromatic carbocycles. The SMILES string of the molecule is CC(C)CNNC(=O)C(CC(C)C)C(=O)[C@@H](C)O. The van der Waals surface area contributed by atoms with Gasteiger partial charge in [-0.2, -0.15) is 0 Å². The van der Waals surface area contributed by atoms with E-state index in [0.29, 0.717) is 18.9 Å². The molecule has 0 aliphatic carbocycles. The third-order valence-corrected chi connectivity index (χ3v) is 2.50. The van der Waals surface area contributed by atoms with E-state index < -0.39 is 17.8 Å². The van der Waals surface area contributed by atoms with E-state index in [9.17, 15) is 14.7 Å². The number of carbonyl (C=O) groups excluding carboxylic acids is 2. The summed E-state index contributed by atoms with van der Waals surface area (Å²) < 4.78 is 0. The molecule has 0 bridgehead atoms. The van der Waals surface area contributed by atoms with Crippen molar-refractivity contribution in [2.24, 2.45) is 17.8 Å². The zero-order valence-corrected chi connectivity index (χ0v) is 12.0. The average molecular weight is 258 g/mol. The second-order valence-corrected chi connectivity index (χ2v) is 5.52. The molecule has 0 rings (SSSR count). The molecule has 0 saturated heterocycles. The van der Waals surface area contributed by atoms with Crippen LogP contribution in [-0.4, -0.2) is 29.4 Å². The lowest BCUT2D eigenvalue weighted by molar-refractivity contribution is -0.139. The van der Waals surface area contributed by atoms with Gasteiger partial charge in [-0.3, -0.25) is 15.0 Å². The fourth-order valence-corrected chi connectivity index (χ4v) is 1.54. The highest BCUT2D eigenvalue weighted by atomic mass is 16.3. The number of nitrogens with one attached hydrogen (secondary N) is 2. The molecule has 0 aromatic rings. The molecule has 0 aliphatic heterocycles. The van der Waals surface area contributed by atoms with E-state index in [4.69, 9.17) is 0 Å². The van der Waals surface area contributed by atoms with Crippen molar-refractivity contribution in [3.63, 3.8) is 0 Å². The van der Waals surface area contributed by atoms with Crippen LogP contribution >= 0.6 is 0 Å². The van der Waals surface area contributed by atoms with Gasteiger partial charge in [-0.15, -0.1) is 0 Å². The average Bonchev–Trinajstić information content (AvgIpc) is 2.23. The fraction of sp³-hybridized carbons (Fsp3) is 0.846. The summed E-state index contributed by atoms with van der Waals surface area (Å²) in [4.78, 5) is 23.7. The number of hydrogen-bond acceptors (Lipinski definition) is 4. The molecule has 0 fully saturated rings. The molecule has 1 unspecified atom stereocenters. The van der Waals surface area contributed by atoms with Crippen LogP contribution in [0.15, 0.2) is 0 Å². The Hall–Kier alpha value is -0.940. The number of carbonyl (C=O) groups is 2. The zero-order chi connectivity index (χ0) is 14.3. The maximum atomic E-state index is 11.9. The van der Waals surface area contributed by atoms with E-state index in [-0.39, 0.29) is 11.8 Å². The monoisotopic (exact) mass is 258 g/mol. The molecule has 0 radical (unpaired) electrons. The standard InChI is InChI=1S/C13H26N2O3/c1-8(2)6-11(12(17)10(5)16)13(18)15-14-7-9(3)4/h8-11,14,16H,6-7H2,1-5H3,(H,15,18)/t10-,11?/m1/s1. The Kier molecular flexibility index (Phi) is 7.78. The molecule has 106 valence electrons. The van der Waals surface area contributed by atoms with Crippen molar-refractivity contribution in [1.29, 1.82) is 0 Å². The van der Waals surface area contributed by atoms with E-state index in [1.807, 2.05) is 27.7 Å². The largest absolute Gasteiger partial charge is 0.386 e. The van der Waals surface area contributed by atoms with Gasteiger partial charge in [0.15, 0.2) is 5.78 Å². The van der Waals surface area contributed by atoms with Crippen LogP contribution in [0.25, 0.3) is 0 Å². The maximum Gasteiger partial charge on any atom is 0.244 e. The predicted octanol–water partition coefficient (Wildman–Crippen LogP) is 0.875. The van der Waals surface area contributed by atoms with Gasteiger partial charge >= 0.3 is 0 Å². The highest BCUT2D eigenvalue weighted by Crippen LogP contribution is 2.14. The maximum absolute atomic E-state index is 11.9. The fourth-order valence-electron chi connectivity index (χ4n) is 1.54. The summed E-state index contributed by atoms with van der Waals surface area (Å²) in [5.41, 5.74) is 5.33. The predicted molar refractivity (Wildman–Crippen MR) is 70.6 cm³/mol. The van der Waals surface area contributed by atoms with E-state index in [1.54, 1.807) is 0 Å². The number of aliphatic hydroxyl groups is 1. The van der Waals surface area contributed by atoms with Gasteiger partial charge in [0.05, 0.1) is 0 Å². The first-order chi connectivity index (χ1) is 8.25. The van der Waals surface area contributed by atoms with Gasteiger partial charge in [-0.05, 0) is 25.2 Å². The second-order valence-electron chi connectivity index (χ2n) is 5.52. The van der Waals surface area contributed by atoms with Crippen LogP contribution < -0.4 is 10.9 Å². The molecule has 0 spiro atoms. The van der Waals surface area contributed by atoms with Crippen LogP contribution in [0.4, 0.5) is 0 Å². The number of hydrazine groups is 1. The van der Waals surface area contributed by atoms with E-state index in [1.165, 1.54) is 6.92 Å². The van der Waals surface area contributed by atoms with Gasteiger partial charge in [-0.1, -0.05) is 27.7 Å². The van der Waals surface area contributed by atoms with Crippen molar-refractivity contribution < 1.29 is 14.7 Å². The van der Waals surface area contributed by atoms with Crippen LogP contribution in [0.5, 0.6) is 0 Å². The normalized spacial score (nSPS) is 14.7. The van der Waals surface area contributed by atoms with Gasteiger partial charge < -0.3 is 5.11 Å². The summed E-state index contributed by atoms with van der Waals surface area (Å²) in [6.07, 6.45) is -0.663. The number of amides is 1. The van der Waals surface area contributed by atoms with Gasteiger partial charge in [-0.25, -0.2) is 5.43 Å². The summed E-state index contributed by atoms with van der Waals surface area (Å²) in [6.45, 7) is 9.96. The molecular weight excluding hydrogens is 232 g/mol. The smallest absolute Gasteiger partial charge is 0.244 e. The molecule has 5 heteroatoms. The van der Waals surface area contributed by atoms with E-state index in [0.717, 1.165) is 0 Å². The molecule has 3 N–H and O–H groups in total. The number of hydrogen-bond donors (Lipinski definition) is 3. The summed E-state index contributed by atoms with van der Waals surface area (Å²) in [5, 5.41) is 9.32. The molecule has 5 nitrogen and oxygen atoms in total. The topological polar surface area (TPSA) is 78.4 Å². The van der Waals surface area contributed by atoms with Gasteiger partial charge in [0.1, 0.15) is 12.0 Å². The molecule has 0 aliphatic rings. The first-order valence-electron chi connectivity index (χ1n) is 6.50. The summed E-state index contributed by atoms with van der Waals surface area (Å²) in [5.74, 6) is -0.956. The quantitative estimate of drug-likeness (QED) is 0.446. The Labute approximate surface area is 109 Å². The first-order valence-corrected chi connectivity index (χ1v) is 6.50. The molecular formula is C13H26N2O3. The van der Waals surface area contributed by atoms with Crippen molar-refractivity contribution in [3.05, 3.63) is 0 Å². The van der Waals surface area contributed by atoms with Crippen molar-refractivity contribution >= 4 is 11.7 Å². The number of rotatable bonds is 8. The number of aliphatic hydroxyl groups excluding tert-OH is 1. The first kappa shape index (κ1) is 17.1. The minimum atomic E-state index is -1.11. The van der Waals surface area contributed by atoms with Crippen LogP contribution in [0.3, 0.4) is 0 Å².